The Bertz CT molecular complexity index is 525. The molecule has 1 aliphatic heterocycles. The van der Waals surface area contributed by atoms with E-state index in [0.717, 1.165) is 12.0 Å². The van der Waals surface area contributed by atoms with Crippen molar-refractivity contribution in [2.24, 2.45) is 5.92 Å². The molecule has 0 radical (unpaired) electrons. The Hall–Kier alpha value is -0.910. The van der Waals surface area contributed by atoms with Gasteiger partial charge < -0.3 is 5.11 Å². The third kappa shape index (κ3) is 2.43. The summed E-state index contributed by atoms with van der Waals surface area (Å²) >= 11 is 0. The summed E-state index contributed by atoms with van der Waals surface area (Å²) in [5.74, 6) is 0.0452. The van der Waals surface area contributed by atoms with Crippen molar-refractivity contribution in [1.29, 1.82) is 0 Å². The lowest BCUT2D eigenvalue weighted by Crippen LogP contribution is -2.30. The maximum absolute atomic E-state index is 12.5. The summed E-state index contributed by atoms with van der Waals surface area (Å²) in [5, 5.41) is 9.54. The maximum atomic E-state index is 12.5. The van der Waals surface area contributed by atoms with Crippen LogP contribution in [0.3, 0.4) is 0 Å². The highest BCUT2D eigenvalue weighted by Gasteiger charge is 2.34. The van der Waals surface area contributed by atoms with Gasteiger partial charge in [-0.2, -0.15) is 4.31 Å². The fourth-order valence-electron chi connectivity index (χ4n) is 2.35. The molecule has 2 atom stereocenters. The van der Waals surface area contributed by atoms with E-state index in [1.807, 2.05) is 6.07 Å². The van der Waals surface area contributed by atoms with E-state index in [0.29, 0.717) is 18.0 Å². The molecule has 0 amide bonds. The van der Waals surface area contributed by atoms with Crippen molar-refractivity contribution in [3.63, 3.8) is 0 Å². The van der Waals surface area contributed by atoms with Crippen LogP contribution in [0.2, 0.25) is 0 Å². The molecule has 1 heterocycles. The Kier molecular flexibility index (Phi) is 3.75. The Morgan fingerprint density at radius 2 is 2.06 bits per heavy atom. The van der Waals surface area contributed by atoms with Gasteiger partial charge in [0, 0.05) is 13.1 Å². The molecular weight excluding hydrogens is 250 g/mol. The van der Waals surface area contributed by atoms with Gasteiger partial charge in [0.15, 0.2) is 0 Å². The van der Waals surface area contributed by atoms with E-state index in [4.69, 9.17) is 0 Å². The highest BCUT2D eigenvalue weighted by molar-refractivity contribution is 7.89. The standard InChI is InChI=1S/C13H19NO3S/c1-10-5-3-4-6-13(10)18(16,17)14-8-7-12(9-14)11(2)15/h3-6,11-12,15H,7-9H2,1-2H3. The maximum Gasteiger partial charge on any atom is 0.243 e. The molecule has 0 spiro atoms. The fourth-order valence-corrected chi connectivity index (χ4v) is 4.09. The minimum atomic E-state index is -3.41. The highest BCUT2D eigenvalue weighted by Crippen LogP contribution is 2.27. The second-order valence-corrected chi connectivity index (χ2v) is 6.82. The highest BCUT2D eigenvalue weighted by atomic mass is 32.2. The van der Waals surface area contributed by atoms with E-state index in [9.17, 15) is 13.5 Å². The molecule has 100 valence electrons. The van der Waals surface area contributed by atoms with Crippen molar-refractivity contribution in [2.45, 2.75) is 31.3 Å². The lowest BCUT2D eigenvalue weighted by Gasteiger charge is -2.18. The second kappa shape index (κ2) is 4.99. The number of hydrogen-bond acceptors (Lipinski definition) is 3. The Labute approximate surface area is 108 Å². The molecule has 1 aromatic carbocycles. The molecule has 0 aliphatic carbocycles. The first-order valence-electron chi connectivity index (χ1n) is 6.17. The molecule has 1 aliphatic rings. The zero-order chi connectivity index (χ0) is 13.3. The average molecular weight is 269 g/mol. The van der Waals surface area contributed by atoms with Crippen molar-refractivity contribution < 1.29 is 13.5 Å². The summed E-state index contributed by atoms with van der Waals surface area (Å²) in [6.45, 7) is 4.42. The molecule has 4 nitrogen and oxygen atoms in total. The molecule has 5 heteroatoms. The zero-order valence-corrected chi connectivity index (χ0v) is 11.5. The van der Waals surface area contributed by atoms with Gasteiger partial charge in [-0.15, -0.1) is 0 Å². The topological polar surface area (TPSA) is 57.6 Å². The summed E-state index contributed by atoms with van der Waals surface area (Å²) in [4.78, 5) is 0.372. The quantitative estimate of drug-likeness (QED) is 0.902. The summed E-state index contributed by atoms with van der Waals surface area (Å²) in [6.07, 6.45) is 0.269. The molecule has 0 saturated carbocycles. The molecule has 1 saturated heterocycles. The lowest BCUT2D eigenvalue weighted by atomic mass is 10.0. The largest absolute Gasteiger partial charge is 0.393 e. The van der Waals surface area contributed by atoms with Crippen LogP contribution in [0.4, 0.5) is 0 Å². The number of aryl methyl sites for hydroxylation is 1. The van der Waals surface area contributed by atoms with Crippen molar-refractivity contribution >= 4 is 10.0 Å². The summed E-state index contributed by atoms with van der Waals surface area (Å²) in [7, 11) is -3.41. The van der Waals surface area contributed by atoms with E-state index in [1.165, 1.54) is 4.31 Å². The number of sulfonamides is 1. The van der Waals surface area contributed by atoms with Crippen LogP contribution in [0.5, 0.6) is 0 Å². The van der Waals surface area contributed by atoms with Crippen LogP contribution in [-0.2, 0) is 10.0 Å². The van der Waals surface area contributed by atoms with Crippen LogP contribution in [0.25, 0.3) is 0 Å². The molecular formula is C13H19NO3S. The zero-order valence-electron chi connectivity index (χ0n) is 10.7. The number of aliphatic hydroxyl groups is 1. The Morgan fingerprint density at radius 3 is 2.61 bits per heavy atom. The monoisotopic (exact) mass is 269 g/mol. The predicted molar refractivity (Wildman–Crippen MR) is 69.7 cm³/mol. The molecule has 18 heavy (non-hydrogen) atoms. The van der Waals surface area contributed by atoms with Crippen molar-refractivity contribution in [2.75, 3.05) is 13.1 Å². The number of benzene rings is 1. The lowest BCUT2D eigenvalue weighted by molar-refractivity contribution is 0.133. The summed E-state index contributed by atoms with van der Waals surface area (Å²) in [6, 6.07) is 7.01. The van der Waals surface area contributed by atoms with Gasteiger partial charge in [-0.25, -0.2) is 8.42 Å². The molecule has 0 aromatic heterocycles. The normalized spacial score (nSPS) is 23.2. The first-order chi connectivity index (χ1) is 8.43. The van der Waals surface area contributed by atoms with Crippen molar-refractivity contribution in [1.82, 2.24) is 4.31 Å². The van der Waals surface area contributed by atoms with Crippen LogP contribution >= 0.6 is 0 Å². The van der Waals surface area contributed by atoms with Crippen molar-refractivity contribution in [3.05, 3.63) is 29.8 Å². The second-order valence-electron chi connectivity index (χ2n) is 4.92. The van der Waals surface area contributed by atoms with Gasteiger partial charge in [-0.1, -0.05) is 18.2 Å². The first kappa shape index (κ1) is 13.5. The molecule has 2 rings (SSSR count). The van der Waals surface area contributed by atoms with Crippen molar-refractivity contribution in [3.8, 4) is 0 Å². The number of nitrogens with zero attached hydrogens (tertiary/aromatic N) is 1. The Morgan fingerprint density at radius 1 is 1.39 bits per heavy atom. The van der Waals surface area contributed by atoms with Gasteiger partial charge in [-0.05, 0) is 37.8 Å². The third-order valence-corrected chi connectivity index (χ3v) is 5.61. The van der Waals surface area contributed by atoms with Gasteiger partial charge in [0.1, 0.15) is 0 Å². The van der Waals surface area contributed by atoms with E-state index in [1.54, 1.807) is 32.0 Å². The minimum Gasteiger partial charge on any atom is -0.393 e. The molecule has 2 unspecified atom stereocenters. The SMILES string of the molecule is Cc1ccccc1S(=O)(=O)N1CCC(C(C)O)C1. The van der Waals surface area contributed by atoms with Gasteiger partial charge in [0.05, 0.1) is 11.0 Å². The van der Waals surface area contributed by atoms with E-state index in [-0.39, 0.29) is 5.92 Å². The van der Waals surface area contributed by atoms with Crippen LogP contribution in [0.15, 0.2) is 29.2 Å². The number of hydrogen-bond donors (Lipinski definition) is 1. The van der Waals surface area contributed by atoms with Crippen LogP contribution < -0.4 is 0 Å². The van der Waals surface area contributed by atoms with Gasteiger partial charge >= 0.3 is 0 Å². The first-order valence-corrected chi connectivity index (χ1v) is 7.61. The third-order valence-electron chi connectivity index (χ3n) is 3.58. The van der Waals surface area contributed by atoms with Crippen LogP contribution in [0, 0.1) is 12.8 Å². The van der Waals surface area contributed by atoms with E-state index >= 15 is 0 Å². The van der Waals surface area contributed by atoms with Crippen LogP contribution in [-0.4, -0.2) is 37.0 Å². The molecule has 0 bridgehead atoms. The summed E-state index contributed by atoms with van der Waals surface area (Å²) in [5.41, 5.74) is 0.762. The smallest absolute Gasteiger partial charge is 0.243 e. The molecule has 1 fully saturated rings. The van der Waals surface area contributed by atoms with E-state index < -0.39 is 16.1 Å². The number of aliphatic hydroxyl groups excluding tert-OH is 1. The van der Waals surface area contributed by atoms with Gasteiger partial charge in [-0.3, -0.25) is 0 Å². The van der Waals surface area contributed by atoms with Crippen LogP contribution in [0.1, 0.15) is 18.9 Å². The summed E-state index contributed by atoms with van der Waals surface area (Å²) < 4.78 is 26.4. The predicted octanol–water partition coefficient (Wildman–Crippen LogP) is 1.39. The average Bonchev–Trinajstić information content (AvgIpc) is 2.79. The van der Waals surface area contributed by atoms with E-state index in [2.05, 4.69) is 0 Å². The fraction of sp³-hybridized carbons (Fsp3) is 0.538. The Balaban J connectivity index is 2.26. The van der Waals surface area contributed by atoms with Gasteiger partial charge in [0.2, 0.25) is 10.0 Å². The minimum absolute atomic E-state index is 0.0452. The van der Waals surface area contributed by atoms with Gasteiger partial charge in [0.25, 0.3) is 0 Å². The molecule has 1 N–H and O–H groups in total. The molecule has 1 aromatic rings. The number of rotatable bonds is 3.